The van der Waals surface area contributed by atoms with Gasteiger partial charge in [-0.15, -0.1) is 0 Å². The quantitative estimate of drug-likeness (QED) is 0.865. The number of hydrogen-bond donors (Lipinski definition) is 0. The van der Waals surface area contributed by atoms with Crippen LogP contribution in [0.2, 0.25) is 0 Å². The first-order valence-corrected chi connectivity index (χ1v) is 7.72. The normalized spacial score (nSPS) is 15.6. The predicted octanol–water partition coefficient (Wildman–Crippen LogP) is 2.80. The van der Waals surface area contributed by atoms with Gasteiger partial charge in [0.15, 0.2) is 0 Å². The molecule has 1 fully saturated rings. The number of likely N-dealkylation sites (tertiary alicyclic amines) is 1. The molecule has 0 saturated carbocycles. The number of carbonyl (C=O) groups excluding carboxylic acids is 1. The number of hydrogen-bond acceptors (Lipinski definition) is 2. The number of amides is 1. The van der Waals surface area contributed by atoms with Gasteiger partial charge in [0.1, 0.15) is 0 Å². The Hall–Kier alpha value is -2.13. The van der Waals surface area contributed by atoms with Crippen LogP contribution in [0.1, 0.15) is 17.2 Å². The average Bonchev–Trinajstić information content (AvgIpc) is 2.51. The van der Waals surface area contributed by atoms with Crippen molar-refractivity contribution in [3.63, 3.8) is 0 Å². The number of rotatable bonds is 4. The van der Waals surface area contributed by atoms with Gasteiger partial charge in [0.2, 0.25) is 5.91 Å². The highest BCUT2D eigenvalue weighted by Gasteiger charge is 2.38. The van der Waals surface area contributed by atoms with Crippen molar-refractivity contribution in [2.45, 2.75) is 6.04 Å². The van der Waals surface area contributed by atoms with Crippen LogP contribution in [0.4, 0.5) is 0 Å². The van der Waals surface area contributed by atoms with Gasteiger partial charge in [-0.2, -0.15) is 0 Å². The standard InChI is InChI=1S/C19H22N2O/c1-20(2)19(22)17-13-21(14-17)18(15-9-5-3-6-10-15)16-11-7-4-8-12-16/h3-12,17-18H,13-14H2,1-2H3. The van der Waals surface area contributed by atoms with Crippen LogP contribution in [0, 0.1) is 5.92 Å². The van der Waals surface area contributed by atoms with Gasteiger partial charge in [0.25, 0.3) is 0 Å². The molecule has 1 amide bonds. The molecule has 3 rings (SSSR count). The maximum atomic E-state index is 12.1. The van der Waals surface area contributed by atoms with Crippen LogP contribution in [0.5, 0.6) is 0 Å². The number of nitrogens with zero attached hydrogens (tertiary/aromatic N) is 2. The first kappa shape index (κ1) is 14.8. The van der Waals surface area contributed by atoms with Gasteiger partial charge in [0, 0.05) is 27.2 Å². The molecule has 0 unspecified atom stereocenters. The van der Waals surface area contributed by atoms with Gasteiger partial charge in [-0.25, -0.2) is 0 Å². The van der Waals surface area contributed by atoms with Crippen LogP contribution in [0.3, 0.4) is 0 Å². The smallest absolute Gasteiger partial charge is 0.227 e. The molecule has 3 nitrogen and oxygen atoms in total. The monoisotopic (exact) mass is 294 g/mol. The zero-order chi connectivity index (χ0) is 15.5. The van der Waals surface area contributed by atoms with Crippen LogP contribution >= 0.6 is 0 Å². The maximum absolute atomic E-state index is 12.1. The van der Waals surface area contributed by atoms with E-state index in [0.717, 1.165) is 13.1 Å². The van der Waals surface area contributed by atoms with Crippen molar-refractivity contribution in [1.29, 1.82) is 0 Å². The lowest BCUT2D eigenvalue weighted by Crippen LogP contribution is -2.54. The molecule has 0 aromatic heterocycles. The third-order valence-corrected chi connectivity index (χ3v) is 4.30. The first-order chi connectivity index (χ1) is 10.7. The largest absolute Gasteiger partial charge is 0.348 e. The molecule has 0 aliphatic carbocycles. The van der Waals surface area contributed by atoms with Gasteiger partial charge in [-0.05, 0) is 11.1 Å². The summed E-state index contributed by atoms with van der Waals surface area (Å²) in [5.74, 6) is 0.362. The molecule has 22 heavy (non-hydrogen) atoms. The van der Waals surface area contributed by atoms with E-state index in [-0.39, 0.29) is 17.9 Å². The Morgan fingerprint density at radius 3 is 1.82 bits per heavy atom. The Labute approximate surface area is 132 Å². The van der Waals surface area contributed by atoms with Gasteiger partial charge in [-0.1, -0.05) is 60.7 Å². The van der Waals surface area contributed by atoms with Crippen molar-refractivity contribution in [3.05, 3.63) is 71.8 Å². The van der Waals surface area contributed by atoms with Gasteiger partial charge < -0.3 is 4.90 Å². The summed E-state index contributed by atoms with van der Waals surface area (Å²) in [6.45, 7) is 1.65. The molecule has 0 N–H and O–H groups in total. The van der Waals surface area contributed by atoms with E-state index in [4.69, 9.17) is 0 Å². The van der Waals surface area contributed by atoms with Crippen molar-refractivity contribution in [3.8, 4) is 0 Å². The van der Waals surface area contributed by atoms with Gasteiger partial charge in [-0.3, -0.25) is 9.69 Å². The summed E-state index contributed by atoms with van der Waals surface area (Å²) in [5.41, 5.74) is 2.56. The van der Waals surface area contributed by atoms with E-state index < -0.39 is 0 Å². The Morgan fingerprint density at radius 2 is 1.41 bits per heavy atom. The highest BCUT2D eigenvalue weighted by molar-refractivity contribution is 5.79. The molecule has 2 aromatic carbocycles. The van der Waals surface area contributed by atoms with Gasteiger partial charge in [0.05, 0.1) is 12.0 Å². The van der Waals surface area contributed by atoms with Crippen molar-refractivity contribution in [2.24, 2.45) is 5.92 Å². The third-order valence-electron chi connectivity index (χ3n) is 4.30. The van der Waals surface area contributed by atoms with E-state index in [1.165, 1.54) is 11.1 Å². The molecule has 1 aliphatic heterocycles. The topological polar surface area (TPSA) is 23.6 Å². The summed E-state index contributed by atoms with van der Waals surface area (Å²) in [4.78, 5) is 16.1. The van der Waals surface area contributed by atoms with E-state index in [9.17, 15) is 4.79 Å². The summed E-state index contributed by atoms with van der Waals surface area (Å²) in [6, 6.07) is 21.3. The minimum atomic E-state index is 0.130. The molecule has 0 bridgehead atoms. The fourth-order valence-electron chi connectivity index (χ4n) is 3.13. The third kappa shape index (κ3) is 2.90. The van der Waals surface area contributed by atoms with Crippen molar-refractivity contribution in [2.75, 3.05) is 27.2 Å². The Kier molecular flexibility index (Phi) is 4.25. The summed E-state index contributed by atoms with van der Waals surface area (Å²) in [6.07, 6.45) is 0. The molecular weight excluding hydrogens is 272 g/mol. The second kappa shape index (κ2) is 6.32. The Bertz CT molecular complexity index is 579. The van der Waals surface area contributed by atoms with E-state index in [1.807, 2.05) is 26.2 Å². The number of benzene rings is 2. The fraction of sp³-hybridized carbons (Fsp3) is 0.316. The summed E-state index contributed by atoms with van der Waals surface area (Å²) in [5, 5.41) is 0. The van der Waals surface area contributed by atoms with E-state index in [2.05, 4.69) is 53.4 Å². The second-order valence-corrected chi connectivity index (χ2v) is 6.11. The van der Waals surface area contributed by atoms with E-state index in [1.54, 1.807) is 4.90 Å². The minimum absolute atomic E-state index is 0.130. The zero-order valence-corrected chi connectivity index (χ0v) is 13.1. The van der Waals surface area contributed by atoms with Gasteiger partial charge >= 0.3 is 0 Å². The van der Waals surface area contributed by atoms with E-state index in [0.29, 0.717) is 0 Å². The second-order valence-electron chi connectivity index (χ2n) is 6.11. The average molecular weight is 294 g/mol. The first-order valence-electron chi connectivity index (χ1n) is 7.72. The molecule has 0 atom stereocenters. The molecule has 2 aromatic rings. The van der Waals surface area contributed by atoms with Crippen molar-refractivity contribution in [1.82, 2.24) is 9.80 Å². The van der Waals surface area contributed by atoms with Crippen LogP contribution < -0.4 is 0 Å². The predicted molar refractivity (Wildman–Crippen MR) is 88.5 cm³/mol. The lowest BCUT2D eigenvalue weighted by atomic mass is 9.89. The van der Waals surface area contributed by atoms with E-state index >= 15 is 0 Å². The lowest BCUT2D eigenvalue weighted by molar-refractivity contribution is -0.139. The highest BCUT2D eigenvalue weighted by Crippen LogP contribution is 2.34. The summed E-state index contributed by atoms with van der Waals surface area (Å²) >= 11 is 0. The molecule has 0 spiro atoms. The molecule has 3 heteroatoms. The molecule has 1 aliphatic rings. The maximum Gasteiger partial charge on any atom is 0.227 e. The summed E-state index contributed by atoms with van der Waals surface area (Å²) in [7, 11) is 3.66. The van der Waals surface area contributed by atoms with Crippen molar-refractivity contribution < 1.29 is 4.79 Å². The Balaban J connectivity index is 1.82. The summed E-state index contributed by atoms with van der Waals surface area (Å²) < 4.78 is 0. The molecule has 1 heterocycles. The fourth-order valence-corrected chi connectivity index (χ4v) is 3.13. The highest BCUT2D eigenvalue weighted by atomic mass is 16.2. The number of carbonyl (C=O) groups is 1. The lowest BCUT2D eigenvalue weighted by Gasteiger charge is -2.44. The van der Waals surface area contributed by atoms with Crippen LogP contribution in [0.25, 0.3) is 0 Å². The zero-order valence-electron chi connectivity index (χ0n) is 13.1. The minimum Gasteiger partial charge on any atom is -0.348 e. The van der Waals surface area contributed by atoms with Crippen LogP contribution in [-0.4, -0.2) is 42.9 Å². The Morgan fingerprint density at radius 1 is 0.955 bits per heavy atom. The van der Waals surface area contributed by atoms with Crippen LogP contribution in [0.15, 0.2) is 60.7 Å². The molecular formula is C19H22N2O. The molecule has 0 radical (unpaired) electrons. The van der Waals surface area contributed by atoms with Crippen molar-refractivity contribution >= 4 is 5.91 Å². The SMILES string of the molecule is CN(C)C(=O)C1CN(C(c2ccccc2)c2ccccc2)C1. The van der Waals surface area contributed by atoms with Crippen LogP contribution in [-0.2, 0) is 4.79 Å². The molecule has 1 saturated heterocycles. The molecule has 114 valence electrons.